The summed E-state index contributed by atoms with van der Waals surface area (Å²) in [6.07, 6.45) is 5.57. The molecule has 0 bridgehead atoms. The largest absolute Gasteiger partial charge is 0.349 e. The van der Waals surface area contributed by atoms with Crippen LogP contribution in [0.1, 0.15) is 16.8 Å². The molecule has 4 rings (SSSR count). The molecule has 1 unspecified atom stereocenters. The topological polar surface area (TPSA) is 67.2 Å². The van der Waals surface area contributed by atoms with Crippen LogP contribution < -0.4 is 4.72 Å². The van der Waals surface area contributed by atoms with E-state index in [4.69, 9.17) is 0 Å². The Kier molecular flexibility index (Phi) is 5.75. The summed E-state index contributed by atoms with van der Waals surface area (Å²) in [5.41, 5.74) is 2.44. The average molecular weight is 415 g/mol. The first-order valence-corrected chi connectivity index (χ1v) is 11.1. The fraction of sp³-hybridized carbons (Fsp3) is 0.286. The molecule has 6 nitrogen and oxygen atoms in total. The molecule has 0 saturated heterocycles. The molecule has 0 spiro atoms. The molecule has 2 aromatic heterocycles. The monoisotopic (exact) mass is 414 g/mol. The van der Waals surface area contributed by atoms with E-state index in [0.717, 1.165) is 12.1 Å². The fourth-order valence-electron chi connectivity index (χ4n) is 3.65. The molecule has 1 aliphatic heterocycles. The van der Waals surface area contributed by atoms with Crippen LogP contribution in [0.2, 0.25) is 0 Å². The highest BCUT2D eigenvalue weighted by Gasteiger charge is 2.27. The molecule has 0 saturated carbocycles. The lowest BCUT2D eigenvalue weighted by atomic mass is 10.1. The first kappa shape index (κ1) is 19.8. The van der Waals surface area contributed by atoms with Crippen LogP contribution in [0.3, 0.4) is 0 Å². The minimum atomic E-state index is -3.66. The number of aromatic nitrogens is 2. The summed E-state index contributed by atoms with van der Waals surface area (Å²) >= 11 is 0. The van der Waals surface area contributed by atoms with Gasteiger partial charge in [-0.3, -0.25) is 9.88 Å². The molecule has 29 heavy (non-hydrogen) atoms. The molecule has 0 fully saturated rings. The predicted molar refractivity (Wildman–Crippen MR) is 109 cm³/mol. The van der Waals surface area contributed by atoms with Crippen LogP contribution in [0.15, 0.2) is 67.1 Å². The summed E-state index contributed by atoms with van der Waals surface area (Å²) < 4.78 is 43.8. The number of hydrogen-bond acceptors (Lipinski definition) is 4. The Labute approximate surface area is 170 Å². The molecular formula is C21H23FN4O2S. The summed E-state index contributed by atoms with van der Waals surface area (Å²) in [4.78, 5) is 6.42. The number of halogens is 1. The summed E-state index contributed by atoms with van der Waals surface area (Å²) in [6, 6.07) is 13.9. The molecule has 1 aliphatic rings. The van der Waals surface area contributed by atoms with Crippen LogP contribution in [-0.4, -0.2) is 35.5 Å². The molecule has 0 amide bonds. The molecule has 3 heterocycles. The molecule has 152 valence electrons. The number of hydrogen-bond donors (Lipinski definition) is 1. The van der Waals surface area contributed by atoms with E-state index in [1.807, 2.05) is 30.6 Å². The van der Waals surface area contributed by atoms with Crippen molar-refractivity contribution in [2.75, 3.05) is 6.54 Å². The molecule has 0 aliphatic carbocycles. The van der Waals surface area contributed by atoms with Gasteiger partial charge in [-0.05, 0) is 29.8 Å². The number of rotatable bonds is 7. The third-order valence-electron chi connectivity index (χ3n) is 5.16. The van der Waals surface area contributed by atoms with E-state index in [2.05, 4.69) is 25.2 Å². The van der Waals surface area contributed by atoms with Gasteiger partial charge in [-0.25, -0.2) is 17.5 Å². The number of nitrogens with one attached hydrogen (secondary N) is 1. The van der Waals surface area contributed by atoms with E-state index >= 15 is 0 Å². The van der Waals surface area contributed by atoms with E-state index in [1.165, 1.54) is 17.8 Å². The number of nitrogens with zero attached hydrogens (tertiary/aromatic N) is 3. The molecule has 1 aromatic carbocycles. The van der Waals surface area contributed by atoms with Crippen molar-refractivity contribution in [3.63, 3.8) is 0 Å². The Hall–Kier alpha value is -2.55. The van der Waals surface area contributed by atoms with Crippen LogP contribution in [0.4, 0.5) is 4.39 Å². The third-order valence-corrected chi connectivity index (χ3v) is 6.46. The van der Waals surface area contributed by atoms with Crippen LogP contribution in [0, 0.1) is 5.82 Å². The third kappa shape index (κ3) is 4.90. The van der Waals surface area contributed by atoms with Crippen molar-refractivity contribution in [2.45, 2.75) is 31.4 Å². The fourth-order valence-corrected chi connectivity index (χ4v) is 4.84. The molecule has 0 radical (unpaired) electrons. The van der Waals surface area contributed by atoms with Gasteiger partial charge in [-0.2, -0.15) is 0 Å². The van der Waals surface area contributed by atoms with Gasteiger partial charge < -0.3 is 4.57 Å². The zero-order valence-corrected chi connectivity index (χ0v) is 16.7. The normalized spacial score (nSPS) is 17.2. The molecule has 1 N–H and O–H groups in total. The van der Waals surface area contributed by atoms with Crippen LogP contribution in [0.5, 0.6) is 0 Å². The summed E-state index contributed by atoms with van der Waals surface area (Å²) in [5.74, 6) is -0.880. The van der Waals surface area contributed by atoms with Crippen molar-refractivity contribution >= 4 is 10.0 Å². The standard InChI is InChI=1S/C21H23FN4O2S/c22-21-8-2-1-6-18(21)16-29(27,28)24-12-20-15-25-10-4-7-19(25)14-26(20)13-17-5-3-9-23-11-17/h1-11,20,24H,12-16H2. The maximum atomic E-state index is 13.8. The van der Waals surface area contributed by atoms with Gasteiger partial charge in [0.15, 0.2) is 0 Å². The highest BCUT2D eigenvalue weighted by molar-refractivity contribution is 7.88. The zero-order chi connectivity index (χ0) is 20.3. The second kappa shape index (κ2) is 8.44. The van der Waals surface area contributed by atoms with Gasteiger partial charge in [0.25, 0.3) is 0 Å². The smallest absolute Gasteiger partial charge is 0.215 e. The predicted octanol–water partition coefficient (Wildman–Crippen LogP) is 2.53. The summed E-state index contributed by atoms with van der Waals surface area (Å²) in [6.45, 7) is 2.35. The second-order valence-corrected chi connectivity index (χ2v) is 9.08. The van der Waals surface area contributed by atoms with Gasteiger partial charge in [0, 0.05) is 62.1 Å². The zero-order valence-electron chi connectivity index (χ0n) is 15.9. The second-order valence-electron chi connectivity index (χ2n) is 7.27. The average Bonchev–Trinajstić information content (AvgIpc) is 3.16. The molecular weight excluding hydrogens is 391 g/mol. The number of benzene rings is 1. The van der Waals surface area contributed by atoms with E-state index < -0.39 is 15.8 Å². The Morgan fingerprint density at radius 1 is 1.14 bits per heavy atom. The highest BCUT2D eigenvalue weighted by atomic mass is 32.2. The number of sulfonamides is 1. The first-order chi connectivity index (χ1) is 14.0. The Morgan fingerprint density at radius 3 is 2.79 bits per heavy atom. The van der Waals surface area contributed by atoms with Crippen molar-refractivity contribution in [2.24, 2.45) is 0 Å². The lowest BCUT2D eigenvalue weighted by Crippen LogP contribution is -2.48. The van der Waals surface area contributed by atoms with E-state index in [0.29, 0.717) is 13.1 Å². The Bertz CT molecular complexity index is 1070. The lowest BCUT2D eigenvalue weighted by molar-refractivity contribution is 0.133. The van der Waals surface area contributed by atoms with Gasteiger partial charge in [0.1, 0.15) is 5.82 Å². The highest BCUT2D eigenvalue weighted by Crippen LogP contribution is 2.21. The minimum Gasteiger partial charge on any atom is -0.349 e. The van der Waals surface area contributed by atoms with Gasteiger partial charge in [0.2, 0.25) is 10.0 Å². The van der Waals surface area contributed by atoms with E-state index in [1.54, 1.807) is 18.3 Å². The molecule has 8 heteroatoms. The minimum absolute atomic E-state index is 0.0227. The van der Waals surface area contributed by atoms with Crippen molar-refractivity contribution < 1.29 is 12.8 Å². The van der Waals surface area contributed by atoms with Gasteiger partial charge in [-0.1, -0.05) is 24.3 Å². The quantitative estimate of drug-likeness (QED) is 0.645. The van der Waals surface area contributed by atoms with Gasteiger partial charge in [-0.15, -0.1) is 0 Å². The Morgan fingerprint density at radius 2 is 2.00 bits per heavy atom. The van der Waals surface area contributed by atoms with E-state index in [9.17, 15) is 12.8 Å². The van der Waals surface area contributed by atoms with Crippen molar-refractivity contribution in [1.29, 1.82) is 0 Å². The Balaban J connectivity index is 1.47. The maximum absolute atomic E-state index is 13.8. The van der Waals surface area contributed by atoms with Crippen molar-refractivity contribution in [1.82, 2.24) is 19.2 Å². The van der Waals surface area contributed by atoms with Crippen molar-refractivity contribution in [3.8, 4) is 0 Å². The number of fused-ring (bicyclic) bond motifs is 1. The lowest BCUT2D eigenvalue weighted by Gasteiger charge is -2.37. The van der Waals surface area contributed by atoms with Crippen LogP contribution in [-0.2, 0) is 35.4 Å². The molecule has 3 aromatic rings. The summed E-state index contributed by atoms with van der Waals surface area (Å²) in [5, 5.41) is 0. The maximum Gasteiger partial charge on any atom is 0.215 e. The SMILES string of the molecule is O=S(=O)(Cc1ccccc1F)NCC1Cn2cccc2CN1Cc1cccnc1. The van der Waals surface area contributed by atoms with Gasteiger partial charge >= 0.3 is 0 Å². The van der Waals surface area contributed by atoms with Crippen molar-refractivity contribution in [3.05, 3.63) is 89.8 Å². The van der Waals surface area contributed by atoms with Crippen LogP contribution in [0.25, 0.3) is 0 Å². The molecule has 1 atom stereocenters. The van der Waals surface area contributed by atoms with Crippen LogP contribution >= 0.6 is 0 Å². The van der Waals surface area contributed by atoms with Gasteiger partial charge in [0.05, 0.1) is 5.75 Å². The summed E-state index contributed by atoms with van der Waals surface area (Å²) in [7, 11) is -3.66. The number of pyridine rings is 1. The first-order valence-electron chi connectivity index (χ1n) is 9.48. The van der Waals surface area contributed by atoms with E-state index in [-0.39, 0.29) is 23.9 Å².